The van der Waals surface area contributed by atoms with Crippen molar-refractivity contribution in [2.24, 2.45) is 0 Å². The highest BCUT2D eigenvalue weighted by Gasteiger charge is 2.17. The Morgan fingerprint density at radius 1 is 1.00 bits per heavy atom. The molecule has 0 saturated carbocycles. The van der Waals surface area contributed by atoms with Crippen LogP contribution in [0.4, 0.5) is 0 Å². The monoisotopic (exact) mass is 484 g/mol. The van der Waals surface area contributed by atoms with Crippen molar-refractivity contribution in [1.82, 2.24) is 49.5 Å². The number of hydrogen-bond donors (Lipinski definition) is 1. The van der Waals surface area contributed by atoms with Crippen molar-refractivity contribution in [1.29, 1.82) is 0 Å². The first-order chi connectivity index (χ1) is 17.7. The van der Waals surface area contributed by atoms with Crippen LogP contribution in [-0.2, 0) is 19.5 Å². The first-order valence-corrected chi connectivity index (χ1v) is 12.2. The number of unbranched alkanes of at least 4 members (excludes halogenated alkanes) is 1. The van der Waals surface area contributed by atoms with Crippen LogP contribution in [0.3, 0.4) is 0 Å². The van der Waals surface area contributed by atoms with Crippen molar-refractivity contribution in [3.63, 3.8) is 0 Å². The van der Waals surface area contributed by atoms with Crippen LogP contribution in [0.5, 0.6) is 0 Å². The standard InChI is InChI=1S/C25H28N10O/c1-3-5-13-33-17-27-30-24(33)35-16-19(8-4-2)34(25(35)36)15-18-11-12-22(26-14-18)20-9-6-7-10-21(20)23-28-31-32-29-23/h6-7,9-12,14,16-17H,3-5,8,13,15H2,1-2H3,(H,28,29,31,32). The number of aromatic nitrogens is 10. The van der Waals surface area contributed by atoms with E-state index in [-0.39, 0.29) is 5.69 Å². The van der Waals surface area contributed by atoms with Crippen molar-refractivity contribution in [2.45, 2.75) is 52.6 Å². The van der Waals surface area contributed by atoms with Crippen molar-refractivity contribution in [3.05, 3.63) is 76.9 Å². The maximum Gasteiger partial charge on any atom is 0.335 e. The molecule has 36 heavy (non-hydrogen) atoms. The van der Waals surface area contributed by atoms with Crippen molar-refractivity contribution >= 4 is 0 Å². The van der Waals surface area contributed by atoms with Gasteiger partial charge in [0.15, 0.2) is 0 Å². The highest BCUT2D eigenvalue weighted by atomic mass is 16.2. The molecular formula is C25H28N10O. The summed E-state index contributed by atoms with van der Waals surface area (Å²) in [4.78, 5) is 18.2. The van der Waals surface area contributed by atoms with Crippen molar-refractivity contribution < 1.29 is 0 Å². The predicted octanol–water partition coefficient (Wildman–Crippen LogP) is 3.27. The molecule has 0 aliphatic heterocycles. The number of nitrogens with one attached hydrogen (secondary N) is 1. The van der Waals surface area contributed by atoms with Crippen LogP contribution >= 0.6 is 0 Å². The predicted molar refractivity (Wildman–Crippen MR) is 134 cm³/mol. The lowest BCUT2D eigenvalue weighted by Crippen LogP contribution is -2.26. The molecule has 0 radical (unpaired) electrons. The fraction of sp³-hybridized carbons (Fsp3) is 0.320. The summed E-state index contributed by atoms with van der Waals surface area (Å²) >= 11 is 0. The lowest BCUT2D eigenvalue weighted by atomic mass is 10.0. The third kappa shape index (κ3) is 4.59. The summed E-state index contributed by atoms with van der Waals surface area (Å²) in [5.41, 5.74) is 4.31. The summed E-state index contributed by atoms with van der Waals surface area (Å²) in [6, 6.07) is 11.8. The highest BCUT2D eigenvalue weighted by molar-refractivity contribution is 5.78. The molecule has 0 atom stereocenters. The Morgan fingerprint density at radius 2 is 1.86 bits per heavy atom. The molecule has 5 rings (SSSR count). The summed E-state index contributed by atoms with van der Waals surface area (Å²) in [6.07, 6.45) is 9.15. The number of tetrazole rings is 1. The molecule has 4 aromatic heterocycles. The number of imidazole rings is 1. The van der Waals surface area contributed by atoms with Gasteiger partial charge in [-0.15, -0.1) is 20.4 Å². The summed E-state index contributed by atoms with van der Waals surface area (Å²) in [5.74, 6) is 1.07. The Bertz CT molecular complexity index is 1480. The van der Waals surface area contributed by atoms with Crippen LogP contribution in [0, 0.1) is 0 Å². The number of H-pyrrole nitrogens is 1. The lowest BCUT2D eigenvalue weighted by molar-refractivity contribution is 0.607. The normalized spacial score (nSPS) is 11.3. The molecular weight excluding hydrogens is 456 g/mol. The summed E-state index contributed by atoms with van der Waals surface area (Å²) in [7, 11) is 0. The van der Waals surface area contributed by atoms with Crippen molar-refractivity contribution in [3.8, 4) is 28.6 Å². The minimum Gasteiger partial charge on any atom is -0.299 e. The first kappa shape index (κ1) is 23.3. The van der Waals surface area contributed by atoms with E-state index in [1.54, 1.807) is 15.5 Å². The number of aryl methyl sites for hydroxylation is 2. The molecule has 4 heterocycles. The Kier molecular flexibility index (Phi) is 6.78. The quantitative estimate of drug-likeness (QED) is 0.322. The van der Waals surface area contributed by atoms with E-state index in [1.807, 2.05) is 53.4 Å². The Hall–Kier alpha value is -4.41. The molecule has 0 spiro atoms. The molecule has 0 aliphatic carbocycles. The number of aromatic amines is 1. The van der Waals surface area contributed by atoms with Gasteiger partial charge in [0.05, 0.1) is 12.2 Å². The van der Waals surface area contributed by atoms with Crippen LogP contribution in [0.15, 0.2) is 59.9 Å². The van der Waals surface area contributed by atoms with Crippen LogP contribution in [0.1, 0.15) is 44.4 Å². The topological polar surface area (TPSA) is 125 Å². The second kappa shape index (κ2) is 10.5. The zero-order valence-corrected chi connectivity index (χ0v) is 20.4. The lowest BCUT2D eigenvalue weighted by Gasteiger charge is -2.09. The number of rotatable bonds is 10. The fourth-order valence-corrected chi connectivity index (χ4v) is 4.25. The smallest absolute Gasteiger partial charge is 0.299 e. The summed E-state index contributed by atoms with van der Waals surface area (Å²) in [5, 5.41) is 22.6. The Labute approximate surface area is 207 Å². The van der Waals surface area contributed by atoms with Gasteiger partial charge < -0.3 is 0 Å². The molecule has 0 bridgehead atoms. The van der Waals surface area contributed by atoms with E-state index < -0.39 is 0 Å². The number of nitrogens with zero attached hydrogens (tertiary/aromatic N) is 9. The second-order valence-electron chi connectivity index (χ2n) is 8.62. The van der Waals surface area contributed by atoms with Crippen LogP contribution in [0.25, 0.3) is 28.6 Å². The molecule has 0 amide bonds. The van der Waals surface area contributed by atoms with E-state index >= 15 is 0 Å². The van der Waals surface area contributed by atoms with Gasteiger partial charge >= 0.3 is 5.69 Å². The maximum absolute atomic E-state index is 13.5. The summed E-state index contributed by atoms with van der Waals surface area (Å²) in [6.45, 7) is 5.43. The van der Waals surface area contributed by atoms with E-state index in [1.165, 1.54) is 0 Å². The van der Waals surface area contributed by atoms with E-state index in [4.69, 9.17) is 4.98 Å². The largest absolute Gasteiger partial charge is 0.335 e. The Morgan fingerprint density at radius 3 is 2.58 bits per heavy atom. The minimum absolute atomic E-state index is 0.129. The van der Waals surface area contributed by atoms with E-state index in [0.717, 1.165) is 60.3 Å². The molecule has 0 fully saturated rings. The molecule has 0 aliphatic rings. The average Bonchev–Trinajstić information content (AvgIpc) is 3.66. The third-order valence-corrected chi connectivity index (χ3v) is 6.09. The zero-order chi connectivity index (χ0) is 24.9. The first-order valence-electron chi connectivity index (χ1n) is 12.2. The van der Waals surface area contributed by atoms with Gasteiger partial charge in [0, 0.05) is 35.8 Å². The molecule has 1 N–H and O–H groups in total. The molecule has 0 saturated heterocycles. The molecule has 184 valence electrons. The third-order valence-electron chi connectivity index (χ3n) is 6.09. The second-order valence-corrected chi connectivity index (χ2v) is 8.62. The van der Waals surface area contributed by atoms with Gasteiger partial charge in [-0.05, 0) is 29.7 Å². The van der Waals surface area contributed by atoms with Gasteiger partial charge in [0.2, 0.25) is 11.8 Å². The number of benzene rings is 1. The molecule has 5 aromatic rings. The fourth-order valence-electron chi connectivity index (χ4n) is 4.25. The van der Waals surface area contributed by atoms with Gasteiger partial charge in [0.25, 0.3) is 0 Å². The van der Waals surface area contributed by atoms with Gasteiger partial charge in [0.1, 0.15) is 6.33 Å². The molecule has 11 heteroatoms. The van der Waals surface area contributed by atoms with E-state index in [9.17, 15) is 4.79 Å². The van der Waals surface area contributed by atoms with Crippen molar-refractivity contribution in [2.75, 3.05) is 0 Å². The van der Waals surface area contributed by atoms with E-state index in [0.29, 0.717) is 18.3 Å². The number of hydrogen-bond acceptors (Lipinski definition) is 7. The van der Waals surface area contributed by atoms with Gasteiger partial charge in [-0.1, -0.05) is 57.0 Å². The SMILES string of the molecule is CCCCn1cnnc1-n1cc(CCC)n(Cc2ccc(-c3ccccc3-c3nn[nH]n3)nc2)c1=O. The van der Waals surface area contributed by atoms with E-state index in [2.05, 4.69) is 44.7 Å². The van der Waals surface area contributed by atoms with Gasteiger partial charge in [-0.2, -0.15) is 5.21 Å². The van der Waals surface area contributed by atoms with Crippen LogP contribution in [-0.4, -0.2) is 49.5 Å². The average molecular weight is 485 g/mol. The van der Waals surface area contributed by atoms with Crippen LogP contribution < -0.4 is 5.69 Å². The Balaban J connectivity index is 1.45. The zero-order valence-electron chi connectivity index (χ0n) is 20.4. The number of pyridine rings is 1. The molecule has 11 nitrogen and oxygen atoms in total. The maximum atomic E-state index is 13.5. The summed E-state index contributed by atoms with van der Waals surface area (Å²) < 4.78 is 5.34. The van der Waals surface area contributed by atoms with Gasteiger partial charge in [-0.25, -0.2) is 9.36 Å². The van der Waals surface area contributed by atoms with Gasteiger partial charge in [-0.3, -0.25) is 14.1 Å². The molecule has 1 aromatic carbocycles. The highest BCUT2D eigenvalue weighted by Crippen LogP contribution is 2.28. The minimum atomic E-state index is -0.129. The molecule has 0 unspecified atom stereocenters. The van der Waals surface area contributed by atoms with Crippen LogP contribution in [0.2, 0.25) is 0 Å².